The minimum absolute atomic E-state index is 0.0146. The molecule has 11 heavy (non-hydrogen) atoms. The van der Waals surface area contributed by atoms with Crippen LogP contribution in [0.5, 0.6) is 0 Å². The number of nitrogens with one attached hydrogen (secondary N) is 2. The molecule has 0 saturated carbocycles. The maximum absolute atomic E-state index is 12.7. The molecule has 0 bridgehead atoms. The van der Waals surface area contributed by atoms with Crippen molar-refractivity contribution < 1.29 is 4.39 Å². The molecule has 2 atom stereocenters. The Bertz CT molecular complexity index is 128. The van der Waals surface area contributed by atoms with E-state index in [1.54, 1.807) is 6.92 Å². The first-order valence-electron chi connectivity index (χ1n) is 3.50. The normalized spacial score (nSPS) is 15.5. The van der Waals surface area contributed by atoms with Gasteiger partial charge in [-0.05, 0) is 0 Å². The summed E-state index contributed by atoms with van der Waals surface area (Å²) in [5, 5.41) is 9.32. The Morgan fingerprint density at radius 1 is 1.73 bits per heavy atom. The maximum atomic E-state index is 12.7. The third-order valence-corrected chi connectivity index (χ3v) is 1.46. The zero-order valence-electron chi connectivity index (χ0n) is 6.60. The number of alkyl halides is 1. The van der Waals surface area contributed by atoms with Crippen molar-refractivity contribution in [2.75, 3.05) is 13.1 Å². The minimum Gasteiger partial charge on any atom is -0.370 e. The van der Waals surface area contributed by atoms with E-state index in [0.717, 1.165) is 0 Å². The van der Waals surface area contributed by atoms with Gasteiger partial charge in [0, 0.05) is 19.0 Å². The second kappa shape index (κ2) is 4.90. The van der Waals surface area contributed by atoms with Crippen LogP contribution in [-0.4, -0.2) is 25.2 Å². The third kappa shape index (κ3) is 4.55. The first-order valence-corrected chi connectivity index (χ1v) is 3.50. The lowest BCUT2D eigenvalue weighted by Crippen LogP contribution is -2.37. The second-order valence-corrected chi connectivity index (χ2v) is 2.52. The molecule has 4 nitrogen and oxygen atoms in total. The molecular formula is C6H15FN4. The predicted octanol–water partition coefficient (Wildman–Crippen LogP) is -0.598. The second-order valence-electron chi connectivity index (χ2n) is 2.52. The summed E-state index contributed by atoms with van der Waals surface area (Å²) in [7, 11) is 0. The van der Waals surface area contributed by atoms with Crippen molar-refractivity contribution in [2.45, 2.75) is 13.1 Å². The summed E-state index contributed by atoms with van der Waals surface area (Å²) in [6, 6.07) is 0. The summed E-state index contributed by atoms with van der Waals surface area (Å²) in [6.07, 6.45) is -1.03. The molecule has 2 unspecified atom stereocenters. The van der Waals surface area contributed by atoms with Crippen LogP contribution in [0.2, 0.25) is 0 Å². The zero-order valence-corrected chi connectivity index (χ0v) is 6.60. The van der Waals surface area contributed by atoms with Crippen LogP contribution < -0.4 is 16.8 Å². The van der Waals surface area contributed by atoms with Crippen LogP contribution in [0.15, 0.2) is 0 Å². The Morgan fingerprint density at radius 3 is 2.64 bits per heavy atom. The number of halogens is 1. The first-order chi connectivity index (χ1) is 5.07. The van der Waals surface area contributed by atoms with Crippen molar-refractivity contribution in [2.24, 2.45) is 17.4 Å². The average Bonchev–Trinajstić information content (AvgIpc) is 1.98. The SMILES string of the molecule is CC(CNC(=N)N)C(F)CN. The molecule has 0 aliphatic rings. The van der Waals surface area contributed by atoms with E-state index < -0.39 is 6.17 Å². The fraction of sp³-hybridized carbons (Fsp3) is 0.833. The molecule has 0 spiro atoms. The number of guanidine groups is 1. The minimum atomic E-state index is -1.03. The van der Waals surface area contributed by atoms with E-state index in [-0.39, 0.29) is 18.4 Å². The molecule has 0 aliphatic heterocycles. The van der Waals surface area contributed by atoms with Crippen molar-refractivity contribution in [3.05, 3.63) is 0 Å². The zero-order chi connectivity index (χ0) is 8.85. The van der Waals surface area contributed by atoms with Gasteiger partial charge in [0.1, 0.15) is 6.17 Å². The number of rotatable bonds is 4. The summed E-state index contributed by atoms with van der Waals surface area (Å²) in [6.45, 7) is 2.09. The Kier molecular flexibility index (Phi) is 4.52. The van der Waals surface area contributed by atoms with Crippen molar-refractivity contribution in [3.63, 3.8) is 0 Å². The van der Waals surface area contributed by atoms with E-state index in [1.165, 1.54) is 0 Å². The molecule has 6 N–H and O–H groups in total. The van der Waals surface area contributed by atoms with Crippen molar-refractivity contribution >= 4 is 5.96 Å². The van der Waals surface area contributed by atoms with Crippen LogP contribution in [0.25, 0.3) is 0 Å². The van der Waals surface area contributed by atoms with E-state index in [9.17, 15) is 4.39 Å². The van der Waals surface area contributed by atoms with Gasteiger partial charge in [0.15, 0.2) is 5.96 Å². The number of hydrogen-bond acceptors (Lipinski definition) is 2. The van der Waals surface area contributed by atoms with E-state index in [1.807, 2.05) is 0 Å². The summed E-state index contributed by atoms with van der Waals surface area (Å²) >= 11 is 0. The molecule has 0 aromatic heterocycles. The predicted molar refractivity (Wildman–Crippen MR) is 43.0 cm³/mol. The number of nitrogens with two attached hydrogens (primary N) is 2. The van der Waals surface area contributed by atoms with Gasteiger partial charge in [-0.15, -0.1) is 0 Å². The smallest absolute Gasteiger partial charge is 0.185 e. The first kappa shape index (κ1) is 10.2. The molecule has 0 fully saturated rings. The van der Waals surface area contributed by atoms with Crippen molar-refractivity contribution in [1.82, 2.24) is 5.32 Å². The van der Waals surface area contributed by atoms with Gasteiger partial charge in [0.05, 0.1) is 0 Å². The maximum Gasteiger partial charge on any atom is 0.185 e. The molecule has 66 valence electrons. The largest absolute Gasteiger partial charge is 0.370 e. The quantitative estimate of drug-likeness (QED) is 0.329. The Labute approximate surface area is 65.6 Å². The van der Waals surface area contributed by atoms with Crippen LogP contribution in [0.3, 0.4) is 0 Å². The molecule has 0 aromatic carbocycles. The standard InChI is InChI=1S/C6H15FN4/c1-4(5(7)2-8)3-11-6(9)10/h4-5H,2-3,8H2,1H3,(H4,9,10,11). The van der Waals surface area contributed by atoms with Crippen molar-refractivity contribution in [1.29, 1.82) is 5.41 Å². The highest BCUT2D eigenvalue weighted by Crippen LogP contribution is 2.03. The van der Waals surface area contributed by atoms with Crippen LogP contribution in [0, 0.1) is 11.3 Å². The Morgan fingerprint density at radius 2 is 2.27 bits per heavy atom. The monoisotopic (exact) mass is 162 g/mol. The van der Waals surface area contributed by atoms with Gasteiger partial charge in [-0.3, -0.25) is 5.41 Å². The summed E-state index contributed by atoms with van der Waals surface area (Å²) in [4.78, 5) is 0. The van der Waals surface area contributed by atoms with Gasteiger partial charge in [0.25, 0.3) is 0 Å². The lowest BCUT2D eigenvalue weighted by atomic mass is 10.1. The van der Waals surface area contributed by atoms with Gasteiger partial charge >= 0.3 is 0 Å². The Hall–Kier alpha value is -0.840. The molecule has 0 heterocycles. The molecule has 0 rings (SSSR count). The number of hydrogen-bond donors (Lipinski definition) is 4. The van der Waals surface area contributed by atoms with E-state index >= 15 is 0 Å². The van der Waals surface area contributed by atoms with Gasteiger partial charge in [-0.2, -0.15) is 0 Å². The molecule has 0 radical (unpaired) electrons. The average molecular weight is 162 g/mol. The highest BCUT2D eigenvalue weighted by atomic mass is 19.1. The van der Waals surface area contributed by atoms with E-state index in [0.29, 0.717) is 6.54 Å². The van der Waals surface area contributed by atoms with Gasteiger partial charge in [-0.25, -0.2) is 4.39 Å². The summed E-state index contributed by atoms with van der Waals surface area (Å²) < 4.78 is 12.7. The topological polar surface area (TPSA) is 87.9 Å². The third-order valence-electron chi connectivity index (χ3n) is 1.46. The molecule has 0 aliphatic carbocycles. The van der Waals surface area contributed by atoms with Gasteiger partial charge in [0.2, 0.25) is 0 Å². The summed E-state index contributed by atoms with van der Waals surface area (Å²) in [5.41, 5.74) is 10.1. The Balaban J connectivity index is 3.51. The molecular weight excluding hydrogens is 147 g/mol. The van der Waals surface area contributed by atoms with Crippen molar-refractivity contribution in [3.8, 4) is 0 Å². The van der Waals surface area contributed by atoms with E-state index in [2.05, 4.69) is 5.32 Å². The fourth-order valence-corrected chi connectivity index (χ4v) is 0.631. The lowest BCUT2D eigenvalue weighted by molar-refractivity contribution is 0.249. The van der Waals surface area contributed by atoms with E-state index in [4.69, 9.17) is 16.9 Å². The van der Waals surface area contributed by atoms with Crippen LogP contribution in [-0.2, 0) is 0 Å². The van der Waals surface area contributed by atoms with Gasteiger partial charge < -0.3 is 16.8 Å². The van der Waals surface area contributed by atoms with Gasteiger partial charge in [-0.1, -0.05) is 6.92 Å². The molecule has 0 amide bonds. The molecule has 0 aromatic rings. The highest BCUT2D eigenvalue weighted by molar-refractivity contribution is 5.74. The van der Waals surface area contributed by atoms with Crippen LogP contribution in [0.1, 0.15) is 6.92 Å². The molecule has 0 saturated heterocycles. The lowest BCUT2D eigenvalue weighted by Gasteiger charge is -2.15. The molecule has 5 heteroatoms. The fourth-order valence-electron chi connectivity index (χ4n) is 0.631. The summed E-state index contributed by atoms with van der Waals surface area (Å²) in [5.74, 6) is -0.343. The highest BCUT2D eigenvalue weighted by Gasteiger charge is 2.13. The van der Waals surface area contributed by atoms with Crippen LogP contribution in [0.4, 0.5) is 4.39 Å². The van der Waals surface area contributed by atoms with Crippen LogP contribution >= 0.6 is 0 Å².